The third-order valence-corrected chi connectivity index (χ3v) is 5.45. The average Bonchev–Trinajstić information content (AvgIpc) is 2.64. The second-order valence-corrected chi connectivity index (χ2v) is 10.7. The van der Waals surface area contributed by atoms with Gasteiger partial charge in [-0.1, -0.05) is 45.0 Å². The van der Waals surface area contributed by atoms with Gasteiger partial charge in [0, 0.05) is 6.42 Å². The minimum absolute atomic E-state index is 0.0250. The summed E-state index contributed by atoms with van der Waals surface area (Å²) in [6.07, 6.45) is -0.889. The van der Waals surface area contributed by atoms with Crippen LogP contribution in [0, 0.1) is 13.8 Å². The number of aryl methyl sites for hydroxylation is 2. The molecule has 0 saturated heterocycles. The van der Waals surface area contributed by atoms with Gasteiger partial charge in [0.2, 0.25) is 0 Å². The number of benzene rings is 2. The summed E-state index contributed by atoms with van der Waals surface area (Å²) < 4.78 is 5.28. The van der Waals surface area contributed by atoms with Crippen LogP contribution in [0.15, 0.2) is 36.4 Å². The maximum atomic E-state index is 12.5. The molecule has 2 rings (SSSR count). The Morgan fingerprint density at radius 1 is 0.971 bits per heavy atom. The maximum Gasteiger partial charge on any atom is 0.528 e. The SMILES string of the molecule is Cc1cc(O)cc(C)c1CC(C(=O)O)N(Cc1ccc(C(C)(C)C)cc1)OC(=O)OC(C)(C)C. The van der Waals surface area contributed by atoms with Gasteiger partial charge in [-0.3, -0.25) is 4.79 Å². The topological polar surface area (TPSA) is 96.3 Å². The van der Waals surface area contributed by atoms with E-state index in [-0.39, 0.29) is 24.1 Å². The van der Waals surface area contributed by atoms with Crippen molar-refractivity contribution in [3.05, 3.63) is 64.2 Å². The monoisotopic (exact) mass is 471 g/mol. The molecule has 2 aromatic rings. The highest BCUT2D eigenvalue weighted by Crippen LogP contribution is 2.26. The zero-order chi connectivity index (χ0) is 25.8. The minimum atomic E-state index is -1.17. The van der Waals surface area contributed by atoms with Crippen LogP contribution < -0.4 is 0 Å². The number of phenols is 1. The second kappa shape index (κ2) is 10.5. The van der Waals surface area contributed by atoms with E-state index in [9.17, 15) is 19.8 Å². The third-order valence-electron chi connectivity index (χ3n) is 5.45. The summed E-state index contributed by atoms with van der Waals surface area (Å²) in [5.41, 5.74) is 3.41. The van der Waals surface area contributed by atoms with Gasteiger partial charge in [0.15, 0.2) is 0 Å². The molecule has 0 aliphatic heterocycles. The molecule has 34 heavy (non-hydrogen) atoms. The molecule has 0 aliphatic rings. The van der Waals surface area contributed by atoms with Gasteiger partial charge >= 0.3 is 12.1 Å². The lowest BCUT2D eigenvalue weighted by molar-refractivity contribution is -0.188. The van der Waals surface area contributed by atoms with E-state index >= 15 is 0 Å². The summed E-state index contributed by atoms with van der Waals surface area (Å²) in [5, 5.41) is 21.1. The molecular formula is C27H37NO6. The highest BCUT2D eigenvalue weighted by atomic mass is 16.8. The Kier molecular flexibility index (Phi) is 8.37. The van der Waals surface area contributed by atoms with Crippen LogP contribution in [-0.2, 0) is 32.7 Å². The first-order valence-electron chi connectivity index (χ1n) is 11.4. The van der Waals surface area contributed by atoms with Crippen molar-refractivity contribution < 1.29 is 29.4 Å². The molecular weight excluding hydrogens is 434 g/mol. The van der Waals surface area contributed by atoms with Crippen LogP contribution in [0.4, 0.5) is 4.79 Å². The number of aromatic hydroxyl groups is 1. The van der Waals surface area contributed by atoms with Crippen LogP contribution in [0.5, 0.6) is 5.75 Å². The van der Waals surface area contributed by atoms with Crippen molar-refractivity contribution in [1.82, 2.24) is 5.06 Å². The van der Waals surface area contributed by atoms with E-state index in [1.807, 2.05) is 38.1 Å². The molecule has 0 aromatic heterocycles. The molecule has 2 aromatic carbocycles. The largest absolute Gasteiger partial charge is 0.528 e. The predicted octanol–water partition coefficient (Wildman–Crippen LogP) is 5.67. The number of carboxylic acid groups (broad SMARTS) is 1. The first-order chi connectivity index (χ1) is 15.6. The standard InChI is InChI=1S/C27H37NO6/c1-17-13-21(29)14-18(2)22(17)15-23(24(30)31)28(34-25(32)33-27(6,7)8)16-19-9-11-20(12-10-19)26(3,4)5/h9-14,23,29H,15-16H2,1-8H3,(H,30,31). The maximum absolute atomic E-state index is 12.5. The van der Waals surface area contributed by atoms with Crippen molar-refractivity contribution in [2.75, 3.05) is 0 Å². The molecule has 1 unspecified atom stereocenters. The van der Waals surface area contributed by atoms with E-state index in [1.165, 1.54) is 0 Å². The summed E-state index contributed by atoms with van der Waals surface area (Å²) in [6, 6.07) is 9.80. The lowest BCUT2D eigenvalue weighted by Crippen LogP contribution is -2.44. The van der Waals surface area contributed by atoms with E-state index in [0.717, 1.165) is 32.9 Å². The lowest BCUT2D eigenvalue weighted by Gasteiger charge is -2.29. The number of rotatable bonds is 7. The van der Waals surface area contributed by atoms with Gasteiger partial charge in [0.1, 0.15) is 17.4 Å². The van der Waals surface area contributed by atoms with Crippen molar-refractivity contribution in [2.24, 2.45) is 0 Å². The molecule has 0 fully saturated rings. The molecule has 0 amide bonds. The Labute approximate surface area is 202 Å². The Bertz CT molecular complexity index is 992. The third kappa shape index (κ3) is 7.76. The summed E-state index contributed by atoms with van der Waals surface area (Å²) in [5.74, 6) is -1.02. The predicted molar refractivity (Wildman–Crippen MR) is 131 cm³/mol. The van der Waals surface area contributed by atoms with E-state index < -0.39 is 23.8 Å². The van der Waals surface area contributed by atoms with E-state index in [2.05, 4.69) is 20.8 Å². The number of carbonyl (C=O) groups is 2. The zero-order valence-corrected chi connectivity index (χ0v) is 21.4. The molecule has 0 aliphatic carbocycles. The lowest BCUT2D eigenvalue weighted by atomic mass is 9.87. The number of nitrogens with zero attached hydrogens (tertiary/aromatic N) is 1. The van der Waals surface area contributed by atoms with Crippen LogP contribution in [0.2, 0.25) is 0 Å². The number of hydroxylamine groups is 2. The molecule has 0 bridgehead atoms. The van der Waals surface area contributed by atoms with Crippen LogP contribution in [0.3, 0.4) is 0 Å². The summed E-state index contributed by atoms with van der Waals surface area (Å²) in [4.78, 5) is 30.3. The normalized spacial score (nSPS) is 13.0. The van der Waals surface area contributed by atoms with Crippen molar-refractivity contribution in [3.8, 4) is 5.75 Å². The molecule has 0 heterocycles. The van der Waals surface area contributed by atoms with Gasteiger partial charge in [-0.2, -0.15) is 0 Å². The number of carboxylic acids is 1. The highest BCUT2D eigenvalue weighted by molar-refractivity contribution is 5.74. The number of aliphatic carboxylic acids is 1. The quantitative estimate of drug-likeness (QED) is 0.397. The summed E-state index contributed by atoms with van der Waals surface area (Å²) in [6.45, 7) is 15.2. The smallest absolute Gasteiger partial charge is 0.508 e. The Morgan fingerprint density at radius 2 is 1.50 bits per heavy atom. The number of ether oxygens (including phenoxy) is 1. The molecule has 0 radical (unpaired) electrons. The number of hydrogen-bond donors (Lipinski definition) is 2. The van der Waals surface area contributed by atoms with Crippen molar-refractivity contribution in [3.63, 3.8) is 0 Å². The van der Waals surface area contributed by atoms with E-state index in [1.54, 1.807) is 32.9 Å². The highest BCUT2D eigenvalue weighted by Gasteiger charge is 2.32. The fourth-order valence-electron chi connectivity index (χ4n) is 3.66. The van der Waals surface area contributed by atoms with Gasteiger partial charge in [0.05, 0.1) is 6.54 Å². The number of carbonyl (C=O) groups excluding carboxylic acids is 1. The van der Waals surface area contributed by atoms with Gasteiger partial charge in [0.25, 0.3) is 0 Å². The van der Waals surface area contributed by atoms with E-state index in [0.29, 0.717) is 0 Å². The minimum Gasteiger partial charge on any atom is -0.508 e. The second-order valence-electron chi connectivity index (χ2n) is 10.7. The zero-order valence-electron chi connectivity index (χ0n) is 21.4. The number of phenolic OH excluding ortho intramolecular Hbond substituents is 1. The van der Waals surface area contributed by atoms with E-state index in [4.69, 9.17) is 9.57 Å². The molecule has 0 spiro atoms. The molecule has 0 saturated carbocycles. The molecule has 186 valence electrons. The Hall–Kier alpha value is -3.06. The fourth-order valence-corrected chi connectivity index (χ4v) is 3.66. The summed E-state index contributed by atoms with van der Waals surface area (Å²) >= 11 is 0. The molecule has 2 N–H and O–H groups in total. The molecule has 7 nitrogen and oxygen atoms in total. The van der Waals surface area contributed by atoms with Crippen LogP contribution in [0.25, 0.3) is 0 Å². The van der Waals surface area contributed by atoms with Gasteiger partial charge < -0.3 is 19.8 Å². The number of hydrogen-bond acceptors (Lipinski definition) is 6. The average molecular weight is 472 g/mol. The van der Waals surface area contributed by atoms with Crippen molar-refractivity contribution in [1.29, 1.82) is 0 Å². The van der Waals surface area contributed by atoms with Crippen LogP contribution >= 0.6 is 0 Å². The first-order valence-corrected chi connectivity index (χ1v) is 11.4. The first kappa shape index (κ1) is 27.2. The van der Waals surface area contributed by atoms with Crippen LogP contribution in [0.1, 0.15) is 69.4 Å². The molecule has 1 atom stereocenters. The fraction of sp³-hybridized carbons (Fsp3) is 0.481. The molecule has 7 heteroatoms. The Balaban J connectivity index is 2.40. The summed E-state index contributed by atoms with van der Waals surface area (Å²) in [7, 11) is 0. The van der Waals surface area contributed by atoms with Crippen LogP contribution in [-0.4, -0.2) is 39.0 Å². The Morgan fingerprint density at radius 3 is 1.94 bits per heavy atom. The van der Waals surface area contributed by atoms with Crippen molar-refractivity contribution >= 4 is 12.1 Å². The van der Waals surface area contributed by atoms with Gasteiger partial charge in [-0.25, -0.2) is 4.79 Å². The van der Waals surface area contributed by atoms with Crippen molar-refractivity contribution in [2.45, 2.75) is 85.4 Å². The van der Waals surface area contributed by atoms with Gasteiger partial charge in [-0.15, -0.1) is 5.06 Å². The van der Waals surface area contributed by atoms with Gasteiger partial charge in [-0.05, 0) is 80.0 Å².